The van der Waals surface area contributed by atoms with Crippen molar-refractivity contribution < 1.29 is 5.11 Å². The zero-order valence-corrected chi connectivity index (χ0v) is 12.4. The molecule has 1 aliphatic rings. The molecule has 19 heavy (non-hydrogen) atoms. The van der Waals surface area contributed by atoms with Crippen LogP contribution in [0.1, 0.15) is 51.3 Å². The molecule has 1 N–H and O–H groups in total. The van der Waals surface area contributed by atoms with Crippen molar-refractivity contribution in [1.82, 2.24) is 4.98 Å². The maximum Gasteiger partial charge on any atom is 0.129 e. The summed E-state index contributed by atoms with van der Waals surface area (Å²) in [6.07, 6.45) is 4.54. The minimum absolute atomic E-state index is 0.102. The normalized spacial score (nSPS) is 23.7. The zero-order valence-electron chi connectivity index (χ0n) is 12.4. The van der Waals surface area contributed by atoms with E-state index in [-0.39, 0.29) is 6.61 Å². The highest BCUT2D eigenvalue weighted by Crippen LogP contribution is 2.27. The molecule has 1 aromatic heterocycles. The van der Waals surface area contributed by atoms with Crippen LogP contribution in [0.15, 0.2) is 12.1 Å². The standard InChI is InChI=1S/C16H26N2O/c1-4-5-15-9-14(11-19)10-16(17-15)18-7-6-12(2)8-13(18)3/h9-10,12-13,19H,4-8,11H2,1-3H3. The Kier molecular flexibility index (Phi) is 4.81. The van der Waals surface area contributed by atoms with Crippen molar-refractivity contribution in [3.05, 3.63) is 23.4 Å². The fourth-order valence-electron chi connectivity index (χ4n) is 3.00. The summed E-state index contributed by atoms with van der Waals surface area (Å²) >= 11 is 0. The summed E-state index contributed by atoms with van der Waals surface area (Å²) in [6.45, 7) is 7.95. The van der Waals surface area contributed by atoms with E-state index in [9.17, 15) is 5.11 Å². The average molecular weight is 262 g/mol. The molecule has 3 nitrogen and oxygen atoms in total. The summed E-state index contributed by atoms with van der Waals surface area (Å²) in [5.41, 5.74) is 2.09. The Balaban J connectivity index is 2.25. The van der Waals surface area contributed by atoms with Crippen molar-refractivity contribution >= 4 is 5.82 Å². The van der Waals surface area contributed by atoms with Gasteiger partial charge in [-0.25, -0.2) is 4.98 Å². The van der Waals surface area contributed by atoms with E-state index in [1.54, 1.807) is 0 Å². The molecule has 0 aromatic carbocycles. The average Bonchev–Trinajstić information content (AvgIpc) is 2.38. The van der Waals surface area contributed by atoms with Crippen LogP contribution in [0.2, 0.25) is 0 Å². The first-order valence-electron chi connectivity index (χ1n) is 7.51. The molecule has 1 fully saturated rings. The molecule has 0 saturated carbocycles. The van der Waals surface area contributed by atoms with Crippen LogP contribution in [-0.2, 0) is 13.0 Å². The first-order valence-corrected chi connectivity index (χ1v) is 7.51. The highest BCUT2D eigenvalue weighted by molar-refractivity contribution is 5.44. The van der Waals surface area contributed by atoms with Crippen molar-refractivity contribution in [2.24, 2.45) is 5.92 Å². The summed E-state index contributed by atoms with van der Waals surface area (Å²) in [7, 11) is 0. The van der Waals surface area contributed by atoms with Gasteiger partial charge in [0.25, 0.3) is 0 Å². The quantitative estimate of drug-likeness (QED) is 0.905. The van der Waals surface area contributed by atoms with Crippen molar-refractivity contribution in [1.29, 1.82) is 0 Å². The predicted octanol–water partition coefficient (Wildman–Crippen LogP) is 3.15. The predicted molar refractivity (Wildman–Crippen MR) is 79.4 cm³/mol. The molecular weight excluding hydrogens is 236 g/mol. The lowest BCUT2D eigenvalue weighted by atomic mass is 9.93. The van der Waals surface area contributed by atoms with Gasteiger partial charge in [-0.2, -0.15) is 0 Å². The molecule has 2 unspecified atom stereocenters. The number of pyridine rings is 1. The highest BCUT2D eigenvalue weighted by atomic mass is 16.3. The minimum atomic E-state index is 0.102. The van der Waals surface area contributed by atoms with Crippen molar-refractivity contribution in [3.63, 3.8) is 0 Å². The lowest BCUT2D eigenvalue weighted by Gasteiger charge is -2.37. The third-order valence-electron chi connectivity index (χ3n) is 4.05. The van der Waals surface area contributed by atoms with Crippen molar-refractivity contribution in [3.8, 4) is 0 Å². The number of piperidine rings is 1. The van der Waals surface area contributed by atoms with E-state index in [1.807, 2.05) is 12.1 Å². The van der Waals surface area contributed by atoms with E-state index in [0.29, 0.717) is 6.04 Å². The highest BCUT2D eigenvalue weighted by Gasteiger charge is 2.24. The summed E-state index contributed by atoms with van der Waals surface area (Å²) < 4.78 is 0. The van der Waals surface area contributed by atoms with Gasteiger partial charge >= 0.3 is 0 Å². The summed E-state index contributed by atoms with van der Waals surface area (Å²) in [6, 6.07) is 4.62. The Morgan fingerprint density at radius 3 is 2.79 bits per heavy atom. The second-order valence-electron chi connectivity index (χ2n) is 5.91. The van der Waals surface area contributed by atoms with Crippen molar-refractivity contribution in [2.45, 2.75) is 59.1 Å². The number of hydrogen-bond acceptors (Lipinski definition) is 3. The van der Waals surface area contributed by atoms with Gasteiger partial charge < -0.3 is 10.0 Å². The van der Waals surface area contributed by atoms with Gasteiger partial charge in [-0.1, -0.05) is 20.3 Å². The Morgan fingerprint density at radius 1 is 1.37 bits per heavy atom. The Labute approximate surface area is 116 Å². The van der Waals surface area contributed by atoms with Crippen LogP contribution in [-0.4, -0.2) is 22.7 Å². The molecule has 0 aliphatic carbocycles. The van der Waals surface area contributed by atoms with Crippen LogP contribution in [0.25, 0.3) is 0 Å². The van der Waals surface area contributed by atoms with Gasteiger partial charge in [-0.3, -0.25) is 0 Å². The number of hydrogen-bond donors (Lipinski definition) is 1. The third-order valence-corrected chi connectivity index (χ3v) is 4.05. The Hall–Kier alpha value is -1.09. The molecule has 2 heterocycles. The number of aliphatic hydroxyl groups is 1. The first kappa shape index (κ1) is 14.3. The van der Waals surface area contributed by atoms with E-state index >= 15 is 0 Å². The molecule has 106 valence electrons. The van der Waals surface area contributed by atoms with E-state index in [4.69, 9.17) is 4.98 Å². The van der Waals surface area contributed by atoms with E-state index < -0.39 is 0 Å². The number of anilines is 1. The molecular formula is C16H26N2O. The van der Waals surface area contributed by atoms with Crippen LogP contribution in [0.4, 0.5) is 5.82 Å². The lowest BCUT2D eigenvalue weighted by molar-refractivity contribution is 0.281. The molecule has 0 bridgehead atoms. The van der Waals surface area contributed by atoms with Gasteiger partial charge in [0.2, 0.25) is 0 Å². The smallest absolute Gasteiger partial charge is 0.129 e. The van der Waals surface area contributed by atoms with Crippen LogP contribution in [0.3, 0.4) is 0 Å². The molecule has 2 rings (SSSR count). The lowest BCUT2D eigenvalue weighted by Crippen LogP contribution is -2.40. The topological polar surface area (TPSA) is 36.4 Å². The van der Waals surface area contributed by atoms with Gasteiger partial charge in [0.1, 0.15) is 5.82 Å². The van der Waals surface area contributed by atoms with Crippen LogP contribution >= 0.6 is 0 Å². The van der Waals surface area contributed by atoms with E-state index in [2.05, 4.69) is 25.7 Å². The summed E-state index contributed by atoms with van der Waals surface area (Å²) in [5.74, 6) is 1.86. The molecule has 0 radical (unpaired) electrons. The molecule has 0 amide bonds. The summed E-state index contributed by atoms with van der Waals surface area (Å²) in [4.78, 5) is 7.19. The molecule has 1 aliphatic heterocycles. The summed E-state index contributed by atoms with van der Waals surface area (Å²) in [5, 5.41) is 9.41. The van der Waals surface area contributed by atoms with Gasteiger partial charge in [0.05, 0.1) is 6.61 Å². The van der Waals surface area contributed by atoms with Gasteiger partial charge in [0.15, 0.2) is 0 Å². The number of nitrogens with zero attached hydrogens (tertiary/aromatic N) is 2. The monoisotopic (exact) mass is 262 g/mol. The molecule has 1 saturated heterocycles. The first-order chi connectivity index (χ1) is 9.13. The van der Waals surface area contributed by atoms with Gasteiger partial charge in [0, 0.05) is 18.3 Å². The molecule has 3 heteroatoms. The number of aromatic nitrogens is 1. The minimum Gasteiger partial charge on any atom is -0.392 e. The zero-order chi connectivity index (χ0) is 13.8. The molecule has 0 spiro atoms. The fraction of sp³-hybridized carbons (Fsp3) is 0.688. The van der Waals surface area contributed by atoms with Crippen LogP contribution in [0, 0.1) is 5.92 Å². The molecule has 2 atom stereocenters. The van der Waals surface area contributed by atoms with Gasteiger partial charge in [-0.15, -0.1) is 0 Å². The van der Waals surface area contributed by atoms with Crippen LogP contribution in [0.5, 0.6) is 0 Å². The molecule has 1 aromatic rings. The number of rotatable bonds is 4. The van der Waals surface area contributed by atoms with E-state index in [1.165, 1.54) is 12.8 Å². The van der Waals surface area contributed by atoms with E-state index in [0.717, 1.165) is 42.4 Å². The fourth-order valence-corrected chi connectivity index (χ4v) is 3.00. The van der Waals surface area contributed by atoms with Crippen molar-refractivity contribution in [2.75, 3.05) is 11.4 Å². The Bertz CT molecular complexity index is 419. The maximum absolute atomic E-state index is 9.41. The van der Waals surface area contributed by atoms with Crippen LogP contribution < -0.4 is 4.90 Å². The maximum atomic E-state index is 9.41. The SMILES string of the molecule is CCCc1cc(CO)cc(N2CCC(C)CC2C)n1. The Morgan fingerprint density at radius 2 is 2.16 bits per heavy atom. The number of aryl methyl sites for hydroxylation is 1. The van der Waals surface area contributed by atoms with Gasteiger partial charge in [-0.05, 0) is 49.8 Å². The third kappa shape index (κ3) is 3.47. The number of aliphatic hydroxyl groups excluding tert-OH is 1. The second kappa shape index (κ2) is 6.38. The largest absolute Gasteiger partial charge is 0.392 e. The second-order valence-corrected chi connectivity index (χ2v) is 5.91.